The molecule has 0 bridgehead atoms. The molecule has 0 aromatic heterocycles. The Hall–Kier alpha value is -1.83. The second kappa shape index (κ2) is 9.92. The molecule has 0 saturated carbocycles. The van der Waals surface area contributed by atoms with E-state index in [0.717, 1.165) is 18.5 Å². The number of para-hydroxylation sites is 1. The standard InChI is InChI=1S/C19H28N4O3.ClH/c20-14-19(8-12-26-13-9-19)17(24)23-10-6-16(7-11-23)22-18(25)21-15-4-2-1-3-5-15;/h1-5,16H,6-14,20H2,(H2,21,22,25);1H. The Morgan fingerprint density at radius 1 is 1.15 bits per heavy atom. The maximum absolute atomic E-state index is 13.0. The summed E-state index contributed by atoms with van der Waals surface area (Å²) in [7, 11) is 0. The predicted octanol–water partition coefficient (Wildman–Crippen LogP) is 1.98. The number of halogens is 1. The van der Waals surface area contributed by atoms with Crippen LogP contribution in [0, 0.1) is 5.41 Å². The lowest BCUT2D eigenvalue weighted by Gasteiger charge is -2.41. The quantitative estimate of drug-likeness (QED) is 0.724. The van der Waals surface area contributed by atoms with Gasteiger partial charge in [-0.2, -0.15) is 0 Å². The van der Waals surface area contributed by atoms with Gasteiger partial charge in [-0.25, -0.2) is 4.79 Å². The molecule has 7 nitrogen and oxygen atoms in total. The molecule has 3 amide bonds. The van der Waals surface area contributed by atoms with Crippen molar-refractivity contribution in [1.29, 1.82) is 0 Å². The Kier molecular flexibility index (Phi) is 7.89. The molecule has 2 aliphatic heterocycles. The summed E-state index contributed by atoms with van der Waals surface area (Å²) in [5, 5.41) is 5.83. The van der Waals surface area contributed by atoms with E-state index in [1.165, 1.54) is 0 Å². The largest absolute Gasteiger partial charge is 0.381 e. The fourth-order valence-corrected chi connectivity index (χ4v) is 3.70. The number of ether oxygens (including phenoxy) is 1. The van der Waals surface area contributed by atoms with Gasteiger partial charge in [0, 0.05) is 44.6 Å². The third-order valence-corrected chi connectivity index (χ3v) is 5.44. The van der Waals surface area contributed by atoms with Gasteiger partial charge in [-0.3, -0.25) is 4.79 Å². The highest BCUT2D eigenvalue weighted by atomic mass is 35.5. The first kappa shape index (κ1) is 21.5. The Balaban J connectivity index is 0.00000261. The van der Waals surface area contributed by atoms with Crippen molar-refractivity contribution in [3.05, 3.63) is 30.3 Å². The molecular weight excluding hydrogens is 368 g/mol. The summed E-state index contributed by atoms with van der Waals surface area (Å²) in [6.07, 6.45) is 2.90. The number of urea groups is 1. The molecule has 2 saturated heterocycles. The van der Waals surface area contributed by atoms with Crippen LogP contribution in [0.5, 0.6) is 0 Å². The molecule has 0 unspecified atom stereocenters. The van der Waals surface area contributed by atoms with Crippen molar-refractivity contribution >= 4 is 30.0 Å². The second-order valence-electron chi connectivity index (χ2n) is 7.13. The van der Waals surface area contributed by atoms with Crippen molar-refractivity contribution in [2.75, 3.05) is 38.2 Å². The van der Waals surface area contributed by atoms with E-state index in [2.05, 4.69) is 10.6 Å². The van der Waals surface area contributed by atoms with Crippen LogP contribution >= 0.6 is 12.4 Å². The molecule has 8 heteroatoms. The van der Waals surface area contributed by atoms with Crippen LogP contribution < -0.4 is 16.4 Å². The number of likely N-dealkylation sites (tertiary alicyclic amines) is 1. The van der Waals surface area contributed by atoms with E-state index >= 15 is 0 Å². The van der Waals surface area contributed by atoms with E-state index in [4.69, 9.17) is 10.5 Å². The topological polar surface area (TPSA) is 96.7 Å². The van der Waals surface area contributed by atoms with Crippen LogP contribution in [-0.4, -0.2) is 55.7 Å². The van der Waals surface area contributed by atoms with Gasteiger partial charge in [0.15, 0.2) is 0 Å². The average Bonchev–Trinajstić information content (AvgIpc) is 2.69. The molecule has 150 valence electrons. The monoisotopic (exact) mass is 396 g/mol. The summed E-state index contributed by atoms with van der Waals surface area (Å²) in [6, 6.07) is 9.23. The van der Waals surface area contributed by atoms with Crippen molar-refractivity contribution < 1.29 is 14.3 Å². The lowest BCUT2D eigenvalue weighted by molar-refractivity contribution is -0.148. The Labute approximate surface area is 166 Å². The normalized spacial score (nSPS) is 19.7. The minimum atomic E-state index is -0.469. The van der Waals surface area contributed by atoms with Crippen LogP contribution in [0.25, 0.3) is 0 Å². The predicted molar refractivity (Wildman–Crippen MR) is 107 cm³/mol. The zero-order valence-electron chi connectivity index (χ0n) is 15.5. The summed E-state index contributed by atoms with van der Waals surface area (Å²) in [5.74, 6) is 0.149. The van der Waals surface area contributed by atoms with Gasteiger partial charge in [0.05, 0.1) is 5.41 Å². The molecule has 2 fully saturated rings. The molecule has 3 rings (SSSR count). The number of amides is 3. The number of nitrogens with zero attached hydrogens (tertiary/aromatic N) is 1. The maximum Gasteiger partial charge on any atom is 0.319 e. The van der Waals surface area contributed by atoms with Crippen LogP contribution in [0.3, 0.4) is 0 Å². The van der Waals surface area contributed by atoms with Crippen LogP contribution in [0.1, 0.15) is 25.7 Å². The molecule has 2 heterocycles. The Morgan fingerprint density at radius 2 is 1.78 bits per heavy atom. The first-order valence-electron chi connectivity index (χ1n) is 9.33. The lowest BCUT2D eigenvalue weighted by atomic mass is 9.78. The van der Waals surface area contributed by atoms with Crippen molar-refractivity contribution in [3.8, 4) is 0 Å². The molecule has 4 N–H and O–H groups in total. The number of hydrogen-bond acceptors (Lipinski definition) is 4. The van der Waals surface area contributed by atoms with Crippen LogP contribution in [0.4, 0.5) is 10.5 Å². The fraction of sp³-hybridized carbons (Fsp3) is 0.579. The van der Waals surface area contributed by atoms with Crippen LogP contribution in [-0.2, 0) is 9.53 Å². The minimum absolute atomic E-state index is 0. The maximum atomic E-state index is 13.0. The number of carbonyl (C=O) groups excluding carboxylic acids is 2. The van der Waals surface area contributed by atoms with Gasteiger partial charge in [0.2, 0.25) is 5.91 Å². The van der Waals surface area contributed by atoms with Crippen LogP contribution in [0.2, 0.25) is 0 Å². The first-order valence-corrected chi connectivity index (χ1v) is 9.33. The number of rotatable bonds is 4. The molecule has 2 aliphatic rings. The van der Waals surface area contributed by atoms with Gasteiger partial charge in [-0.05, 0) is 37.8 Å². The average molecular weight is 397 g/mol. The first-order chi connectivity index (χ1) is 12.6. The zero-order valence-corrected chi connectivity index (χ0v) is 16.3. The number of piperidine rings is 1. The number of anilines is 1. The van der Waals surface area contributed by atoms with E-state index in [1.807, 2.05) is 35.2 Å². The second-order valence-corrected chi connectivity index (χ2v) is 7.13. The summed E-state index contributed by atoms with van der Waals surface area (Å²) in [6.45, 7) is 2.86. The zero-order chi connectivity index (χ0) is 18.4. The third kappa shape index (κ3) is 5.34. The van der Waals surface area contributed by atoms with E-state index in [-0.39, 0.29) is 30.4 Å². The summed E-state index contributed by atoms with van der Waals surface area (Å²) >= 11 is 0. The molecule has 0 atom stereocenters. The summed E-state index contributed by atoms with van der Waals surface area (Å²) in [4.78, 5) is 27.0. The number of benzene rings is 1. The highest BCUT2D eigenvalue weighted by Gasteiger charge is 2.42. The molecular formula is C19H29ClN4O3. The third-order valence-electron chi connectivity index (χ3n) is 5.44. The van der Waals surface area contributed by atoms with E-state index in [9.17, 15) is 9.59 Å². The van der Waals surface area contributed by atoms with Crippen molar-refractivity contribution in [3.63, 3.8) is 0 Å². The van der Waals surface area contributed by atoms with Crippen molar-refractivity contribution in [1.82, 2.24) is 10.2 Å². The van der Waals surface area contributed by atoms with E-state index < -0.39 is 5.41 Å². The fourth-order valence-electron chi connectivity index (χ4n) is 3.70. The highest BCUT2D eigenvalue weighted by Crippen LogP contribution is 2.32. The molecule has 27 heavy (non-hydrogen) atoms. The summed E-state index contributed by atoms with van der Waals surface area (Å²) in [5.41, 5.74) is 6.24. The van der Waals surface area contributed by atoms with Gasteiger partial charge in [-0.1, -0.05) is 18.2 Å². The molecule has 1 aromatic carbocycles. The highest BCUT2D eigenvalue weighted by molar-refractivity contribution is 5.89. The molecule has 1 aromatic rings. The number of carbonyl (C=O) groups is 2. The van der Waals surface area contributed by atoms with Crippen LogP contribution in [0.15, 0.2) is 30.3 Å². The smallest absolute Gasteiger partial charge is 0.319 e. The minimum Gasteiger partial charge on any atom is -0.381 e. The van der Waals surface area contributed by atoms with Gasteiger partial charge < -0.3 is 26.0 Å². The lowest BCUT2D eigenvalue weighted by Crippen LogP contribution is -2.54. The molecule has 0 aliphatic carbocycles. The molecule has 0 radical (unpaired) electrons. The molecule has 0 spiro atoms. The summed E-state index contributed by atoms with van der Waals surface area (Å²) < 4.78 is 5.39. The van der Waals surface area contributed by atoms with Gasteiger partial charge in [0.1, 0.15) is 0 Å². The van der Waals surface area contributed by atoms with E-state index in [1.54, 1.807) is 0 Å². The Morgan fingerprint density at radius 3 is 2.37 bits per heavy atom. The van der Waals surface area contributed by atoms with Crippen molar-refractivity contribution in [2.24, 2.45) is 11.1 Å². The Bertz CT molecular complexity index is 615. The van der Waals surface area contributed by atoms with Gasteiger partial charge in [-0.15, -0.1) is 12.4 Å². The van der Waals surface area contributed by atoms with Crippen molar-refractivity contribution in [2.45, 2.75) is 31.7 Å². The number of hydrogen-bond donors (Lipinski definition) is 3. The number of nitrogens with one attached hydrogen (secondary N) is 2. The van der Waals surface area contributed by atoms with Gasteiger partial charge in [0.25, 0.3) is 0 Å². The van der Waals surface area contributed by atoms with Gasteiger partial charge >= 0.3 is 6.03 Å². The van der Waals surface area contributed by atoms with E-state index in [0.29, 0.717) is 45.7 Å². The number of nitrogens with two attached hydrogens (primary N) is 1. The SMILES string of the molecule is Cl.NCC1(C(=O)N2CCC(NC(=O)Nc3ccccc3)CC2)CCOCC1.